The van der Waals surface area contributed by atoms with Crippen molar-refractivity contribution in [1.29, 1.82) is 0 Å². The van der Waals surface area contributed by atoms with Gasteiger partial charge in [0.1, 0.15) is 0 Å². The molecule has 12 heavy (non-hydrogen) atoms. The largest absolute Gasteiger partial charge is 0.282 e. The fourth-order valence-electron chi connectivity index (χ4n) is 1.61. The van der Waals surface area contributed by atoms with Crippen molar-refractivity contribution in [3.63, 3.8) is 0 Å². The molecular weight excluding hydrogens is 168 g/mol. The molecule has 1 aliphatic rings. The van der Waals surface area contributed by atoms with Gasteiger partial charge in [0.05, 0.1) is 5.69 Å². The Labute approximate surface area is 77.1 Å². The molecule has 66 valence electrons. The third-order valence-electron chi connectivity index (χ3n) is 2.27. The van der Waals surface area contributed by atoms with Crippen LogP contribution in [0.5, 0.6) is 0 Å². The summed E-state index contributed by atoms with van der Waals surface area (Å²) in [5, 5.41) is 7.50. The van der Waals surface area contributed by atoms with Crippen molar-refractivity contribution in [3.05, 3.63) is 17.0 Å². The highest BCUT2D eigenvalue weighted by atomic mass is 32.2. The molecule has 0 saturated heterocycles. The summed E-state index contributed by atoms with van der Waals surface area (Å²) in [6.45, 7) is 2.21. The van der Waals surface area contributed by atoms with Crippen LogP contribution < -0.4 is 0 Å². The highest BCUT2D eigenvalue weighted by molar-refractivity contribution is 7.98. The Morgan fingerprint density at radius 2 is 2.50 bits per heavy atom. The van der Waals surface area contributed by atoms with Gasteiger partial charge in [-0.15, -0.1) is 0 Å². The number of hydrogen-bond acceptors (Lipinski definition) is 2. The van der Waals surface area contributed by atoms with Crippen LogP contribution in [-0.2, 0) is 18.6 Å². The van der Waals surface area contributed by atoms with Crippen LogP contribution >= 0.6 is 11.8 Å². The van der Waals surface area contributed by atoms with Crippen molar-refractivity contribution in [3.8, 4) is 0 Å². The maximum absolute atomic E-state index is 4.35. The number of nitrogens with zero attached hydrogens (tertiary/aromatic N) is 1. The molecule has 0 unspecified atom stereocenters. The summed E-state index contributed by atoms with van der Waals surface area (Å²) in [5.41, 5.74) is 4.19. The number of nitrogens with one attached hydrogen (secondary N) is 1. The van der Waals surface area contributed by atoms with E-state index in [1.54, 1.807) is 0 Å². The van der Waals surface area contributed by atoms with Crippen LogP contribution in [0, 0.1) is 0 Å². The third kappa shape index (κ3) is 1.38. The first-order valence-corrected chi connectivity index (χ1v) is 5.70. The third-order valence-corrected chi connectivity index (χ3v) is 3.25. The van der Waals surface area contributed by atoms with Crippen molar-refractivity contribution in [1.82, 2.24) is 10.2 Å². The molecule has 0 atom stereocenters. The molecule has 0 saturated carbocycles. The van der Waals surface area contributed by atoms with E-state index in [9.17, 15) is 0 Å². The first-order valence-electron chi connectivity index (χ1n) is 4.54. The lowest BCUT2D eigenvalue weighted by atomic mass is 10.1. The summed E-state index contributed by atoms with van der Waals surface area (Å²) in [7, 11) is 0. The van der Waals surface area contributed by atoms with Gasteiger partial charge in [-0.2, -0.15) is 16.9 Å². The van der Waals surface area contributed by atoms with Gasteiger partial charge in [-0.3, -0.25) is 5.10 Å². The second-order valence-corrected chi connectivity index (χ2v) is 4.29. The average Bonchev–Trinajstić information content (AvgIpc) is 2.50. The van der Waals surface area contributed by atoms with E-state index in [-0.39, 0.29) is 0 Å². The van der Waals surface area contributed by atoms with Gasteiger partial charge in [-0.05, 0) is 18.6 Å². The van der Waals surface area contributed by atoms with Crippen molar-refractivity contribution in [2.45, 2.75) is 31.9 Å². The van der Waals surface area contributed by atoms with E-state index in [4.69, 9.17) is 0 Å². The predicted octanol–water partition coefficient (Wildman–Crippen LogP) is 2.15. The van der Waals surface area contributed by atoms with Crippen LogP contribution in [0.4, 0.5) is 0 Å². The molecule has 1 N–H and O–H groups in total. The molecule has 0 fully saturated rings. The maximum atomic E-state index is 4.35. The van der Waals surface area contributed by atoms with E-state index in [1.165, 1.54) is 41.3 Å². The molecule has 0 radical (unpaired) electrons. The molecule has 0 aromatic carbocycles. The molecule has 2 heterocycles. The molecule has 1 aromatic rings. The number of thioether (sulfide) groups is 1. The van der Waals surface area contributed by atoms with Gasteiger partial charge in [-0.1, -0.05) is 13.3 Å². The average molecular weight is 182 g/mol. The number of H-pyrrole nitrogens is 1. The summed E-state index contributed by atoms with van der Waals surface area (Å²) >= 11 is 2.02. The van der Waals surface area contributed by atoms with Gasteiger partial charge >= 0.3 is 0 Å². The molecule has 0 aliphatic carbocycles. The highest BCUT2D eigenvalue weighted by Crippen LogP contribution is 2.25. The fraction of sp³-hybridized carbons (Fsp3) is 0.667. The van der Waals surface area contributed by atoms with Crippen molar-refractivity contribution >= 4 is 11.8 Å². The lowest BCUT2D eigenvalue weighted by Gasteiger charge is -2.10. The lowest BCUT2D eigenvalue weighted by Crippen LogP contribution is -2.01. The minimum Gasteiger partial charge on any atom is -0.282 e. The number of rotatable bonds is 2. The van der Waals surface area contributed by atoms with Crippen LogP contribution in [0.3, 0.4) is 0 Å². The second kappa shape index (κ2) is 3.52. The van der Waals surface area contributed by atoms with Crippen LogP contribution in [0.15, 0.2) is 0 Å². The van der Waals surface area contributed by atoms with Crippen LogP contribution in [0.25, 0.3) is 0 Å². The number of aryl methyl sites for hydroxylation is 2. The number of hydrogen-bond donors (Lipinski definition) is 1. The Morgan fingerprint density at radius 1 is 1.58 bits per heavy atom. The van der Waals surface area contributed by atoms with Gasteiger partial charge in [0.2, 0.25) is 0 Å². The van der Waals surface area contributed by atoms with E-state index >= 15 is 0 Å². The highest BCUT2D eigenvalue weighted by Gasteiger charge is 2.15. The van der Waals surface area contributed by atoms with E-state index < -0.39 is 0 Å². The first kappa shape index (κ1) is 8.17. The summed E-state index contributed by atoms with van der Waals surface area (Å²) in [5.74, 6) is 2.42. The van der Waals surface area contributed by atoms with E-state index in [1.807, 2.05) is 11.8 Å². The van der Waals surface area contributed by atoms with Gasteiger partial charge in [0.25, 0.3) is 0 Å². The molecule has 1 aromatic heterocycles. The van der Waals surface area contributed by atoms with Crippen molar-refractivity contribution in [2.75, 3.05) is 5.75 Å². The SMILES string of the molecule is CCCc1n[nH]c2c1CSCC2. The fourth-order valence-corrected chi connectivity index (χ4v) is 2.65. The van der Waals surface area contributed by atoms with Crippen LogP contribution in [0.1, 0.15) is 30.3 Å². The zero-order valence-electron chi connectivity index (χ0n) is 7.39. The molecule has 0 spiro atoms. The Kier molecular flexibility index (Phi) is 2.40. The van der Waals surface area contributed by atoms with Crippen LogP contribution in [0.2, 0.25) is 0 Å². The molecule has 3 heteroatoms. The van der Waals surface area contributed by atoms with Gasteiger partial charge < -0.3 is 0 Å². The minimum atomic E-state index is 1.13. The van der Waals surface area contributed by atoms with Crippen LogP contribution in [-0.4, -0.2) is 16.0 Å². The van der Waals surface area contributed by atoms with E-state index in [0.717, 1.165) is 6.42 Å². The zero-order valence-corrected chi connectivity index (χ0v) is 8.21. The zero-order chi connectivity index (χ0) is 8.39. The first-order chi connectivity index (χ1) is 5.92. The van der Waals surface area contributed by atoms with E-state index in [0.29, 0.717) is 0 Å². The minimum absolute atomic E-state index is 1.13. The topological polar surface area (TPSA) is 28.7 Å². The standard InChI is InChI=1S/C9H14N2S/c1-2-3-8-7-6-12-5-4-9(7)11-10-8/h2-6H2,1H3,(H,10,11). The Hall–Kier alpha value is -0.440. The molecule has 0 bridgehead atoms. The van der Waals surface area contributed by atoms with E-state index in [2.05, 4.69) is 17.1 Å². The number of aromatic amines is 1. The summed E-state index contributed by atoms with van der Waals surface area (Å²) < 4.78 is 0. The second-order valence-electron chi connectivity index (χ2n) is 3.18. The molecular formula is C9H14N2S. The predicted molar refractivity (Wildman–Crippen MR) is 52.4 cm³/mol. The smallest absolute Gasteiger partial charge is 0.0665 e. The monoisotopic (exact) mass is 182 g/mol. The Morgan fingerprint density at radius 3 is 3.33 bits per heavy atom. The van der Waals surface area contributed by atoms with Crippen molar-refractivity contribution < 1.29 is 0 Å². The Balaban J connectivity index is 2.25. The summed E-state index contributed by atoms with van der Waals surface area (Å²) in [6.07, 6.45) is 3.51. The molecule has 2 nitrogen and oxygen atoms in total. The lowest BCUT2D eigenvalue weighted by molar-refractivity contribution is 0.859. The van der Waals surface area contributed by atoms with Crippen molar-refractivity contribution in [2.24, 2.45) is 0 Å². The number of fused-ring (bicyclic) bond motifs is 1. The maximum Gasteiger partial charge on any atom is 0.0665 e. The van der Waals surface area contributed by atoms with Gasteiger partial charge in [0.15, 0.2) is 0 Å². The normalized spacial score (nSPS) is 16.1. The molecule has 0 amide bonds. The molecule has 2 rings (SSSR count). The van der Waals surface area contributed by atoms with Gasteiger partial charge in [-0.25, -0.2) is 0 Å². The molecule has 1 aliphatic heterocycles. The quantitative estimate of drug-likeness (QED) is 0.759. The van der Waals surface area contributed by atoms with Gasteiger partial charge in [0, 0.05) is 17.0 Å². The summed E-state index contributed by atoms with van der Waals surface area (Å²) in [4.78, 5) is 0. The summed E-state index contributed by atoms with van der Waals surface area (Å²) in [6, 6.07) is 0. The number of aromatic nitrogens is 2. The Bertz CT molecular complexity index is 267.